The second kappa shape index (κ2) is 6.25. The first-order chi connectivity index (χ1) is 9.02. The van der Waals surface area contributed by atoms with Crippen molar-refractivity contribution in [3.8, 4) is 0 Å². The van der Waals surface area contributed by atoms with E-state index in [4.69, 9.17) is 4.74 Å². The van der Waals surface area contributed by atoms with Crippen LogP contribution in [0, 0.1) is 0 Å². The van der Waals surface area contributed by atoms with Crippen LogP contribution in [0.2, 0.25) is 0 Å². The van der Waals surface area contributed by atoms with Gasteiger partial charge < -0.3 is 15.0 Å². The van der Waals surface area contributed by atoms with Crippen LogP contribution >= 0.6 is 15.9 Å². The van der Waals surface area contributed by atoms with E-state index in [9.17, 15) is 0 Å². The van der Waals surface area contributed by atoms with Gasteiger partial charge in [-0.2, -0.15) is 0 Å². The molecule has 1 aliphatic heterocycles. The molecule has 0 aliphatic carbocycles. The number of hydrogen-bond donors (Lipinski definition) is 1. The first kappa shape index (κ1) is 14.8. The normalized spacial score (nSPS) is 18.6. The number of nitrogens with zero attached hydrogens (tertiary/aromatic N) is 1. The van der Waals surface area contributed by atoms with Crippen LogP contribution in [0.1, 0.15) is 26.3 Å². The first-order valence-electron chi connectivity index (χ1n) is 6.90. The zero-order chi connectivity index (χ0) is 13.9. The van der Waals surface area contributed by atoms with Crippen molar-refractivity contribution in [1.82, 2.24) is 5.32 Å². The minimum absolute atomic E-state index is 0.0687. The Morgan fingerprint density at radius 1 is 1.42 bits per heavy atom. The van der Waals surface area contributed by atoms with Gasteiger partial charge in [0.25, 0.3) is 0 Å². The Kier molecular flexibility index (Phi) is 4.87. The molecule has 1 heterocycles. The maximum atomic E-state index is 5.80. The van der Waals surface area contributed by atoms with Gasteiger partial charge in [-0.1, -0.05) is 22.9 Å². The molecular formula is C15H23BrN2O. The molecule has 1 aromatic carbocycles. The van der Waals surface area contributed by atoms with E-state index in [1.807, 2.05) is 0 Å². The zero-order valence-corrected chi connectivity index (χ0v) is 13.6. The number of morpholine rings is 1. The molecule has 3 nitrogen and oxygen atoms in total. The zero-order valence-electron chi connectivity index (χ0n) is 12.0. The quantitative estimate of drug-likeness (QED) is 0.919. The highest BCUT2D eigenvalue weighted by Crippen LogP contribution is 2.28. The molecule has 0 bridgehead atoms. The van der Waals surface area contributed by atoms with Crippen LogP contribution in [0.3, 0.4) is 0 Å². The second-order valence-corrected chi connectivity index (χ2v) is 6.50. The molecule has 4 heteroatoms. The Hall–Kier alpha value is -0.580. The molecule has 0 spiro atoms. The number of anilines is 1. The molecule has 1 saturated heterocycles. The van der Waals surface area contributed by atoms with E-state index in [0.717, 1.165) is 37.3 Å². The van der Waals surface area contributed by atoms with Crippen molar-refractivity contribution in [2.24, 2.45) is 0 Å². The summed E-state index contributed by atoms with van der Waals surface area (Å²) in [7, 11) is 0. The second-order valence-electron chi connectivity index (χ2n) is 5.58. The highest BCUT2D eigenvalue weighted by molar-refractivity contribution is 9.10. The molecule has 1 aromatic rings. The highest BCUT2D eigenvalue weighted by Gasteiger charge is 2.28. The van der Waals surface area contributed by atoms with Crippen molar-refractivity contribution >= 4 is 21.6 Å². The van der Waals surface area contributed by atoms with Gasteiger partial charge in [0.15, 0.2) is 0 Å². The van der Waals surface area contributed by atoms with Crippen LogP contribution in [0.4, 0.5) is 5.69 Å². The lowest BCUT2D eigenvalue weighted by Gasteiger charge is -2.40. The molecule has 19 heavy (non-hydrogen) atoms. The minimum atomic E-state index is -0.0687. The average molecular weight is 327 g/mol. The maximum absolute atomic E-state index is 5.80. The molecule has 1 aliphatic rings. The van der Waals surface area contributed by atoms with Crippen molar-refractivity contribution in [2.75, 3.05) is 31.1 Å². The van der Waals surface area contributed by atoms with Gasteiger partial charge in [0, 0.05) is 29.8 Å². The Bertz CT molecular complexity index is 434. The van der Waals surface area contributed by atoms with Gasteiger partial charge in [0.1, 0.15) is 0 Å². The summed E-state index contributed by atoms with van der Waals surface area (Å²) in [6, 6.07) is 6.53. The summed E-state index contributed by atoms with van der Waals surface area (Å²) in [5, 5.41) is 3.41. The summed E-state index contributed by atoms with van der Waals surface area (Å²) >= 11 is 3.56. The van der Waals surface area contributed by atoms with Gasteiger partial charge in [-0.25, -0.2) is 0 Å². The molecule has 0 radical (unpaired) electrons. The monoisotopic (exact) mass is 326 g/mol. The van der Waals surface area contributed by atoms with Crippen LogP contribution in [0.5, 0.6) is 0 Å². The van der Waals surface area contributed by atoms with E-state index in [2.05, 4.69) is 65.1 Å². The van der Waals surface area contributed by atoms with Gasteiger partial charge in [-0.3, -0.25) is 0 Å². The fourth-order valence-corrected chi connectivity index (χ4v) is 2.89. The van der Waals surface area contributed by atoms with E-state index < -0.39 is 0 Å². The van der Waals surface area contributed by atoms with Crippen molar-refractivity contribution in [3.63, 3.8) is 0 Å². The van der Waals surface area contributed by atoms with E-state index in [0.29, 0.717) is 0 Å². The van der Waals surface area contributed by atoms with E-state index >= 15 is 0 Å². The Labute approximate surface area is 124 Å². The number of hydrogen-bond acceptors (Lipinski definition) is 3. The molecule has 0 atom stereocenters. The van der Waals surface area contributed by atoms with Crippen molar-refractivity contribution in [1.29, 1.82) is 0 Å². The minimum Gasteiger partial charge on any atom is -0.372 e. The molecule has 106 valence electrons. The van der Waals surface area contributed by atoms with Crippen molar-refractivity contribution < 1.29 is 4.74 Å². The summed E-state index contributed by atoms with van der Waals surface area (Å²) in [6.45, 7) is 11.0. The number of ether oxygens (including phenoxy) is 1. The molecular weight excluding hydrogens is 304 g/mol. The smallest absolute Gasteiger partial charge is 0.0801 e. The third-order valence-electron chi connectivity index (χ3n) is 3.37. The number of nitrogens with one attached hydrogen (secondary N) is 1. The lowest BCUT2D eigenvalue weighted by molar-refractivity contribution is -0.0277. The Balaban J connectivity index is 2.22. The van der Waals surface area contributed by atoms with Gasteiger partial charge in [-0.15, -0.1) is 0 Å². The molecule has 1 fully saturated rings. The largest absolute Gasteiger partial charge is 0.372 e. The predicted octanol–water partition coefficient (Wildman–Crippen LogP) is 3.17. The molecule has 0 aromatic heterocycles. The first-order valence-corrected chi connectivity index (χ1v) is 7.69. The molecule has 1 N–H and O–H groups in total. The summed E-state index contributed by atoms with van der Waals surface area (Å²) < 4.78 is 6.93. The van der Waals surface area contributed by atoms with E-state index in [1.54, 1.807) is 0 Å². The maximum Gasteiger partial charge on any atom is 0.0801 e. The predicted molar refractivity (Wildman–Crippen MR) is 83.8 cm³/mol. The fraction of sp³-hybridized carbons (Fsp3) is 0.600. The highest BCUT2D eigenvalue weighted by atomic mass is 79.9. The Morgan fingerprint density at radius 2 is 2.21 bits per heavy atom. The lowest BCUT2D eigenvalue weighted by Crippen LogP contribution is -2.48. The van der Waals surface area contributed by atoms with Gasteiger partial charge in [0.05, 0.1) is 12.2 Å². The summed E-state index contributed by atoms with van der Waals surface area (Å²) in [6.07, 6.45) is 0. The molecule has 0 amide bonds. The SMILES string of the molecule is CCNCc1cc(Br)ccc1N1CCOC(C)(C)C1. The van der Waals surface area contributed by atoms with Gasteiger partial charge >= 0.3 is 0 Å². The summed E-state index contributed by atoms with van der Waals surface area (Å²) in [5.41, 5.74) is 2.59. The fourth-order valence-electron chi connectivity index (χ4n) is 2.49. The molecule has 2 rings (SSSR count). The van der Waals surface area contributed by atoms with E-state index in [-0.39, 0.29) is 5.60 Å². The Morgan fingerprint density at radius 3 is 2.89 bits per heavy atom. The number of benzene rings is 1. The number of rotatable bonds is 4. The van der Waals surface area contributed by atoms with Crippen LogP contribution < -0.4 is 10.2 Å². The summed E-state index contributed by atoms with van der Waals surface area (Å²) in [4.78, 5) is 2.43. The van der Waals surface area contributed by atoms with Gasteiger partial charge in [-0.05, 0) is 44.2 Å². The van der Waals surface area contributed by atoms with E-state index in [1.165, 1.54) is 11.3 Å². The third-order valence-corrected chi connectivity index (χ3v) is 3.87. The third kappa shape index (κ3) is 3.94. The van der Waals surface area contributed by atoms with Crippen molar-refractivity contribution in [2.45, 2.75) is 32.9 Å². The van der Waals surface area contributed by atoms with Crippen LogP contribution in [-0.2, 0) is 11.3 Å². The van der Waals surface area contributed by atoms with Crippen LogP contribution in [0.15, 0.2) is 22.7 Å². The standard InChI is InChI=1S/C15H23BrN2O/c1-4-17-10-12-9-13(16)5-6-14(12)18-7-8-19-15(2,3)11-18/h5-6,9,17H,4,7-8,10-11H2,1-3H3. The van der Waals surface area contributed by atoms with Crippen LogP contribution in [0.25, 0.3) is 0 Å². The number of halogens is 1. The van der Waals surface area contributed by atoms with Crippen molar-refractivity contribution in [3.05, 3.63) is 28.2 Å². The molecule has 0 saturated carbocycles. The lowest BCUT2D eigenvalue weighted by atomic mass is 10.0. The van der Waals surface area contributed by atoms with Gasteiger partial charge in [0.2, 0.25) is 0 Å². The van der Waals surface area contributed by atoms with Crippen LogP contribution in [-0.4, -0.2) is 31.8 Å². The summed E-state index contributed by atoms with van der Waals surface area (Å²) in [5.74, 6) is 0. The molecule has 0 unspecified atom stereocenters. The average Bonchev–Trinajstić information content (AvgIpc) is 2.35. The topological polar surface area (TPSA) is 24.5 Å².